The molecule has 0 fully saturated rings. The minimum atomic E-state index is -3.52. The van der Waals surface area contributed by atoms with E-state index in [0.29, 0.717) is 12.1 Å². The molecule has 0 saturated carbocycles. The molecule has 6 heteroatoms. The second-order valence-electron chi connectivity index (χ2n) is 4.21. The molecule has 18 heavy (non-hydrogen) atoms. The number of hydrogen-bond donors (Lipinski definition) is 2. The van der Waals surface area contributed by atoms with E-state index >= 15 is 0 Å². The molecule has 0 saturated heterocycles. The average Bonchev–Trinajstić information content (AvgIpc) is 2.35. The van der Waals surface area contributed by atoms with E-state index in [4.69, 9.17) is 0 Å². The van der Waals surface area contributed by atoms with Crippen molar-refractivity contribution >= 4 is 15.7 Å². The summed E-state index contributed by atoms with van der Waals surface area (Å²) in [5.41, 5.74) is 0.571. The third-order valence-corrected chi connectivity index (χ3v) is 4.62. The van der Waals surface area contributed by atoms with Crippen LogP contribution >= 0.6 is 0 Å². The van der Waals surface area contributed by atoms with E-state index in [2.05, 4.69) is 5.32 Å². The zero-order chi connectivity index (χ0) is 13.8. The van der Waals surface area contributed by atoms with Crippen LogP contribution in [0.3, 0.4) is 0 Å². The maximum absolute atomic E-state index is 12.3. The highest BCUT2D eigenvalue weighted by Crippen LogP contribution is 2.23. The van der Waals surface area contributed by atoms with E-state index in [1.165, 1.54) is 11.4 Å². The van der Waals surface area contributed by atoms with Crippen molar-refractivity contribution in [2.75, 3.05) is 26.0 Å². The molecule has 1 unspecified atom stereocenters. The van der Waals surface area contributed by atoms with E-state index in [-0.39, 0.29) is 11.4 Å². The number of benzene rings is 1. The van der Waals surface area contributed by atoms with Crippen molar-refractivity contribution in [3.05, 3.63) is 24.3 Å². The van der Waals surface area contributed by atoms with Gasteiger partial charge in [-0.2, -0.15) is 0 Å². The summed E-state index contributed by atoms with van der Waals surface area (Å²) in [6.45, 7) is 1.93. The van der Waals surface area contributed by atoms with Crippen LogP contribution in [0, 0.1) is 0 Å². The number of sulfonamides is 1. The fourth-order valence-corrected chi connectivity index (χ4v) is 2.93. The number of rotatable bonds is 6. The van der Waals surface area contributed by atoms with Crippen molar-refractivity contribution < 1.29 is 13.5 Å². The first kappa shape index (κ1) is 14.9. The maximum Gasteiger partial charge on any atom is 0.244 e. The van der Waals surface area contributed by atoms with Gasteiger partial charge in [0.15, 0.2) is 0 Å². The van der Waals surface area contributed by atoms with Crippen LogP contribution in [0.1, 0.15) is 13.3 Å². The van der Waals surface area contributed by atoms with Crippen LogP contribution in [0.5, 0.6) is 0 Å². The molecule has 1 atom stereocenters. The van der Waals surface area contributed by atoms with Gasteiger partial charge in [-0.05, 0) is 25.5 Å². The van der Waals surface area contributed by atoms with E-state index < -0.39 is 16.1 Å². The lowest BCUT2D eigenvalue weighted by atomic mass is 10.3. The summed E-state index contributed by atoms with van der Waals surface area (Å²) in [7, 11) is -0.315. The Bertz CT molecular complexity index is 486. The molecule has 0 bridgehead atoms. The van der Waals surface area contributed by atoms with Crippen molar-refractivity contribution in [3.63, 3.8) is 0 Å². The summed E-state index contributed by atoms with van der Waals surface area (Å²) in [6.07, 6.45) is -0.0977. The molecular formula is C12H20N2O3S. The summed E-state index contributed by atoms with van der Waals surface area (Å²) in [5, 5.41) is 12.1. The fraction of sp³-hybridized carbons (Fsp3) is 0.500. The number of hydrogen-bond acceptors (Lipinski definition) is 4. The third kappa shape index (κ3) is 3.44. The highest BCUT2D eigenvalue weighted by molar-refractivity contribution is 7.89. The minimum absolute atomic E-state index is 0.251. The van der Waals surface area contributed by atoms with E-state index in [9.17, 15) is 13.5 Å². The SMILES string of the molecule is CNc1ccccc1S(=O)(=O)N(C)CCC(C)O. The van der Waals surface area contributed by atoms with Gasteiger partial charge in [0.2, 0.25) is 10.0 Å². The van der Waals surface area contributed by atoms with Crippen LogP contribution in [0.4, 0.5) is 5.69 Å². The van der Waals surface area contributed by atoms with Gasteiger partial charge in [-0.15, -0.1) is 0 Å². The first-order valence-electron chi connectivity index (χ1n) is 5.80. The Morgan fingerprint density at radius 1 is 1.39 bits per heavy atom. The van der Waals surface area contributed by atoms with Crippen molar-refractivity contribution in [2.24, 2.45) is 0 Å². The molecule has 0 spiro atoms. The second-order valence-corrected chi connectivity index (χ2v) is 6.22. The topological polar surface area (TPSA) is 69.6 Å². The van der Waals surface area contributed by atoms with Crippen LogP contribution in [0.15, 0.2) is 29.2 Å². The monoisotopic (exact) mass is 272 g/mol. The lowest BCUT2D eigenvalue weighted by molar-refractivity contribution is 0.177. The number of nitrogens with zero attached hydrogens (tertiary/aromatic N) is 1. The van der Waals surface area contributed by atoms with E-state index in [1.54, 1.807) is 38.2 Å². The Hall–Kier alpha value is -1.11. The molecular weight excluding hydrogens is 252 g/mol. The number of aliphatic hydroxyl groups is 1. The van der Waals surface area contributed by atoms with Gasteiger partial charge in [0.1, 0.15) is 4.90 Å². The Kier molecular flexibility index (Phi) is 5.13. The Morgan fingerprint density at radius 3 is 2.56 bits per heavy atom. The van der Waals surface area contributed by atoms with E-state index in [1.807, 2.05) is 0 Å². The number of para-hydroxylation sites is 1. The normalized spacial score (nSPS) is 13.6. The van der Waals surface area contributed by atoms with Gasteiger partial charge in [-0.25, -0.2) is 12.7 Å². The van der Waals surface area contributed by atoms with Crippen LogP contribution in [-0.4, -0.2) is 44.6 Å². The van der Waals surface area contributed by atoms with Gasteiger partial charge >= 0.3 is 0 Å². The highest BCUT2D eigenvalue weighted by atomic mass is 32.2. The summed E-state index contributed by atoms with van der Waals surface area (Å²) in [5.74, 6) is 0. The zero-order valence-electron chi connectivity index (χ0n) is 10.9. The molecule has 1 rings (SSSR count). The highest BCUT2D eigenvalue weighted by Gasteiger charge is 2.23. The summed E-state index contributed by atoms with van der Waals surface area (Å²) < 4.78 is 25.9. The van der Waals surface area contributed by atoms with Gasteiger partial charge in [-0.3, -0.25) is 0 Å². The maximum atomic E-state index is 12.3. The Balaban J connectivity index is 2.98. The molecule has 0 heterocycles. The lowest BCUT2D eigenvalue weighted by Gasteiger charge is -2.19. The second kappa shape index (κ2) is 6.17. The van der Waals surface area contributed by atoms with Gasteiger partial charge < -0.3 is 10.4 Å². The summed E-state index contributed by atoms with van der Waals surface area (Å²) >= 11 is 0. The first-order chi connectivity index (χ1) is 8.39. The predicted molar refractivity (Wildman–Crippen MR) is 72.1 cm³/mol. The third-order valence-electron chi connectivity index (χ3n) is 2.71. The number of anilines is 1. The molecule has 0 aromatic heterocycles. The average molecular weight is 272 g/mol. The molecule has 2 N–H and O–H groups in total. The molecule has 0 aliphatic carbocycles. The quantitative estimate of drug-likeness (QED) is 0.814. The summed E-state index contributed by atoms with van der Waals surface area (Å²) in [6, 6.07) is 6.76. The molecule has 102 valence electrons. The van der Waals surface area contributed by atoms with Crippen molar-refractivity contribution in [2.45, 2.75) is 24.3 Å². The first-order valence-corrected chi connectivity index (χ1v) is 7.24. The van der Waals surface area contributed by atoms with Crippen LogP contribution in [0.25, 0.3) is 0 Å². The smallest absolute Gasteiger partial charge is 0.244 e. The zero-order valence-corrected chi connectivity index (χ0v) is 11.7. The molecule has 1 aromatic carbocycles. The van der Waals surface area contributed by atoms with Crippen molar-refractivity contribution in [3.8, 4) is 0 Å². The number of nitrogens with one attached hydrogen (secondary N) is 1. The van der Waals surface area contributed by atoms with Crippen LogP contribution in [0.2, 0.25) is 0 Å². The lowest BCUT2D eigenvalue weighted by Crippen LogP contribution is -2.30. The Labute approximate surface area is 108 Å². The van der Waals surface area contributed by atoms with Crippen molar-refractivity contribution in [1.29, 1.82) is 0 Å². The summed E-state index contributed by atoms with van der Waals surface area (Å²) in [4.78, 5) is 0.251. The van der Waals surface area contributed by atoms with Crippen LogP contribution < -0.4 is 5.32 Å². The largest absolute Gasteiger partial charge is 0.393 e. The van der Waals surface area contributed by atoms with Gasteiger partial charge in [0.05, 0.1) is 11.8 Å². The standard InChI is InChI=1S/C12H20N2O3S/c1-10(15)8-9-14(3)18(16,17)12-7-5-4-6-11(12)13-2/h4-7,10,13,15H,8-9H2,1-3H3. The fourth-order valence-electron chi connectivity index (χ4n) is 1.55. The van der Waals surface area contributed by atoms with Gasteiger partial charge in [-0.1, -0.05) is 12.1 Å². The minimum Gasteiger partial charge on any atom is -0.393 e. The molecule has 5 nitrogen and oxygen atoms in total. The predicted octanol–water partition coefficient (Wildman–Crippen LogP) is 1.12. The van der Waals surface area contributed by atoms with Gasteiger partial charge in [0, 0.05) is 20.6 Å². The molecule has 0 aliphatic rings. The number of aliphatic hydroxyl groups excluding tert-OH is 1. The molecule has 1 aromatic rings. The van der Waals surface area contributed by atoms with Crippen LogP contribution in [-0.2, 0) is 10.0 Å². The molecule has 0 aliphatic heterocycles. The Morgan fingerprint density at radius 2 is 2.00 bits per heavy atom. The molecule has 0 radical (unpaired) electrons. The van der Waals surface area contributed by atoms with Gasteiger partial charge in [0.25, 0.3) is 0 Å². The van der Waals surface area contributed by atoms with E-state index in [0.717, 1.165) is 0 Å². The van der Waals surface area contributed by atoms with Crippen molar-refractivity contribution in [1.82, 2.24) is 4.31 Å². The molecule has 0 amide bonds.